The van der Waals surface area contributed by atoms with Gasteiger partial charge in [-0.05, 0) is 50.9 Å². The number of ether oxygens (including phenoxy) is 1. The van der Waals surface area contributed by atoms with Crippen LogP contribution in [0.3, 0.4) is 0 Å². The van der Waals surface area contributed by atoms with Crippen LogP contribution in [0, 0.1) is 6.92 Å². The maximum absolute atomic E-state index is 9.59. The van der Waals surface area contributed by atoms with Crippen LogP contribution < -0.4 is 4.74 Å². The molecule has 0 radical (unpaired) electrons. The van der Waals surface area contributed by atoms with E-state index in [2.05, 4.69) is 34.8 Å². The highest BCUT2D eigenvalue weighted by molar-refractivity contribution is 5.37. The first-order valence-corrected chi connectivity index (χ1v) is 8.71. The molecule has 0 unspecified atom stereocenters. The van der Waals surface area contributed by atoms with E-state index in [0.29, 0.717) is 12.6 Å². The van der Waals surface area contributed by atoms with E-state index < -0.39 is 0 Å². The first kappa shape index (κ1) is 17.0. The summed E-state index contributed by atoms with van der Waals surface area (Å²) in [7, 11) is 2.08. The SMILES string of the molecule is CCOc1ccc(CN2CCC[C@@H]2c2nc(C)cn2C)cc1CO. The van der Waals surface area contributed by atoms with Crippen molar-refractivity contribution >= 4 is 0 Å². The van der Waals surface area contributed by atoms with Gasteiger partial charge in [0.2, 0.25) is 0 Å². The van der Waals surface area contributed by atoms with Crippen molar-refractivity contribution < 1.29 is 9.84 Å². The zero-order chi connectivity index (χ0) is 17.1. The van der Waals surface area contributed by atoms with Crippen LogP contribution in [0.2, 0.25) is 0 Å². The van der Waals surface area contributed by atoms with E-state index in [1.54, 1.807) is 0 Å². The van der Waals surface area contributed by atoms with Gasteiger partial charge in [0, 0.05) is 25.4 Å². The summed E-state index contributed by atoms with van der Waals surface area (Å²) in [6, 6.07) is 6.50. The Morgan fingerprint density at radius 2 is 2.21 bits per heavy atom. The summed E-state index contributed by atoms with van der Waals surface area (Å²) in [5.74, 6) is 1.93. The minimum absolute atomic E-state index is 0.00512. The number of aromatic nitrogens is 2. The quantitative estimate of drug-likeness (QED) is 0.885. The van der Waals surface area contributed by atoms with Crippen molar-refractivity contribution in [3.63, 3.8) is 0 Å². The van der Waals surface area contributed by atoms with Gasteiger partial charge in [0.1, 0.15) is 11.6 Å². The minimum atomic E-state index is 0.00512. The maximum Gasteiger partial charge on any atom is 0.126 e. The molecule has 0 bridgehead atoms. The van der Waals surface area contributed by atoms with Crippen molar-refractivity contribution in [3.05, 3.63) is 47.0 Å². The molecule has 2 aromatic rings. The Morgan fingerprint density at radius 1 is 1.38 bits per heavy atom. The van der Waals surface area contributed by atoms with Gasteiger partial charge in [-0.15, -0.1) is 0 Å². The Labute approximate surface area is 143 Å². The second-order valence-electron chi connectivity index (χ2n) is 6.51. The number of hydrogen-bond acceptors (Lipinski definition) is 4. The van der Waals surface area contributed by atoms with Crippen molar-refractivity contribution in [1.82, 2.24) is 14.5 Å². The first-order chi connectivity index (χ1) is 11.6. The Kier molecular flexibility index (Phi) is 5.21. The molecule has 3 rings (SSSR count). The summed E-state index contributed by atoms with van der Waals surface area (Å²) in [5, 5.41) is 9.59. The predicted octanol–water partition coefficient (Wildman–Crippen LogP) is 2.96. The van der Waals surface area contributed by atoms with Crippen LogP contribution >= 0.6 is 0 Å². The highest BCUT2D eigenvalue weighted by atomic mass is 16.5. The summed E-state index contributed by atoms with van der Waals surface area (Å²) in [6.45, 7) is 6.57. The molecule has 1 N–H and O–H groups in total. The molecule has 1 aromatic heterocycles. The third-order valence-corrected chi connectivity index (χ3v) is 4.68. The van der Waals surface area contributed by atoms with Gasteiger partial charge in [-0.25, -0.2) is 4.98 Å². The summed E-state index contributed by atoms with van der Waals surface area (Å²) < 4.78 is 7.72. The van der Waals surface area contributed by atoms with E-state index >= 15 is 0 Å². The van der Waals surface area contributed by atoms with Crippen molar-refractivity contribution in [2.24, 2.45) is 7.05 Å². The number of aliphatic hydroxyl groups is 1. The van der Waals surface area contributed by atoms with Crippen molar-refractivity contribution in [1.29, 1.82) is 0 Å². The second kappa shape index (κ2) is 7.36. The van der Waals surface area contributed by atoms with Gasteiger partial charge in [0.15, 0.2) is 0 Å². The molecule has 0 amide bonds. The monoisotopic (exact) mass is 329 g/mol. The molecule has 5 nitrogen and oxygen atoms in total. The average molecular weight is 329 g/mol. The van der Waals surface area contributed by atoms with E-state index in [1.165, 1.54) is 12.0 Å². The van der Waals surface area contributed by atoms with Crippen LogP contribution in [0.1, 0.15) is 48.5 Å². The van der Waals surface area contributed by atoms with Crippen molar-refractivity contribution in [2.45, 2.75) is 45.9 Å². The van der Waals surface area contributed by atoms with Crippen LogP contribution in [-0.2, 0) is 20.2 Å². The van der Waals surface area contributed by atoms with Crippen LogP contribution in [0.15, 0.2) is 24.4 Å². The van der Waals surface area contributed by atoms with E-state index in [-0.39, 0.29) is 6.61 Å². The zero-order valence-corrected chi connectivity index (χ0v) is 14.8. The topological polar surface area (TPSA) is 50.5 Å². The fraction of sp³-hybridized carbons (Fsp3) is 0.526. The molecule has 1 atom stereocenters. The van der Waals surface area contributed by atoms with Gasteiger partial charge in [-0.1, -0.05) is 6.07 Å². The lowest BCUT2D eigenvalue weighted by molar-refractivity contribution is 0.235. The van der Waals surface area contributed by atoms with Gasteiger partial charge < -0.3 is 14.4 Å². The molecule has 130 valence electrons. The number of hydrogen-bond donors (Lipinski definition) is 1. The smallest absolute Gasteiger partial charge is 0.126 e. The molecule has 1 saturated heterocycles. The molecule has 2 heterocycles. The number of aryl methyl sites for hydroxylation is 2. The number of aliphatic hydroxyl groups excluding tert-OH is 1. The fourth-order valence-electron chi connectivity index (χ4n) is 3.64. The Morgan fingerprint density at radius 3 is 2.88 bits per heavy atom. The van der Waals surface area contributed by atoms with Gasteiger partial charge in [-0.2, -0.15) is 0 Å². The Bertz CT molecular complexity index is 696. The summed E-state index contributed by atoms with van der Waals surface area (Å²) in [6.07, 6.45) is 4.43. The molecule has 1 aromatic carbocycles. The minimum Gasteiger partial charge on any atom is -0.494 e. The van der Waals surface area contributed by atoms with Crippen LogP contribution in [0.25, 0.3) is 0 Å². The molecule has 0 spiro atoms. The second-order valence-corrected chi connectivity index (χ2v) is 6.51. The Balaban J connectivity index is 1.78. The van der Waals surface area contributed by atoms with Crippen molar-refractivity contribution in [3.8, 4) is 5.75 Å². The van der Waals surface area contributed by atoms with E-state index in [1.807, 2.05) is 19.9 Å². The lowest BCUT2D eigenvalue weighted by atomic mass is 10.1. The van der Waals surface area contributed by atoms with Crippen LogP contribution in [0.4, 0.5) is 0 Å². The maximum atomic E-state index is 9.59. The largest absolute Gasteiger partial charge is 0.494 e. The number of imidazole rings is 1. The summed E-state index contributed by atoms with van der Waals surface area (Å²) in [4.78, 5) is 7.20. The molecule has 1 aliphatic heterocycles. The number of benzene rings is 1. The average Bonchev–Trinajstić information content (AvgIpc) is 3.14. The number of likely N-dealkylation sites (tertiary alicyclic amines) is 1. The highest BCUT2D eigenvalue weighted by Gasteiger charge is 2.29. The van der Waals surface area contributed by atoms with E-state index in [0.717, 1.165) is 42.3 Å². The normalized spacial score (nSPS) is 18.2. The third-order valence-electron chi connectivity index (χ3n) is 4.68. The lowest BCUT2D eigenvalue weighted by Crippen LogP contribution is -2.25. The summed E-state index contributed by atoms with van der Waals surface area (Å²) in [5.41, 5.74) is 3.14. The highest BCUT2D eigenvalue weighted by Crippen LogP contribution is 2.33. The standard InChI is InChI=1S/C19H27N3O2/c1-4-24-18-8-7-15(10-16(18)13-23)12-22-9-5-6-17(22)19-20-14(2)11-21(19)3/h7-8,10-11,17,23H,4-6,9,12-13H2,1-3H3/t17-/m1/s1. The predicted molar refractivity (Wildman–Crippen MR) is 93.9 cm³/mol. The molecule has 24 heavy (non-hydrogen) atoms. The van der Waals surface area contributed by atoms with E-state index in [9.17, 15) is 5.11 Å². The molecule has 5 heteroatoms. The number of rotatable bonds is 6. The van der Waals surface area contributed by atoms with Gasteiger partial charge in [0.05, 0.1) is 24.9 Å². The molecule has 1 fully saturated rings. The van der Waals surface area contributed by atoms with Gasteiger partial charge >= 0.3 is 0 Å². The first-order valence-electron chi connectivity index (χ1n) is 8.71. The Hall–Kier alpha value is -1.85. The fourth-order valence-corrected chi connectivity index (χ4v) is 3.64. The number of nitrogens with zero attached hydrogens (tertiary/aromatic N) is 3. The molecule has 1 aliphatic rings. The summed E-state index contributed by atoms with van der Waals surface area (Å²) >= 11 is 0. The van der Waals surface area contributed by atoms with Gasteiger partial charge in [0.25, 0.3) is 0 Å². The van der Waals surface area contributed by atoms with Gasteiger partial charge in [-0.3, -0.25) is 4.90 Å². The third kappa shape index (κ3) is 3.47. The lowest BCUT2D eigenvalue weighted by Gasteiger charge is -2.24. The van der Waals surface area contributed by atoms with Crippen LogP contribution in [0.5, 0.6) is 5.75 Å². The molecule has 0 saturated carbocycles. The zero-order valence-electron chi connectivity index (χ0n) is 14.8. The van der Waals surface area contributed by atoms with Crippen molar-refractivity contribution in [2.75, 3.05) is 13.2 Å². The molecular formula is C19H27N3O2. The molecular weight excluding hydrogens is 302 g/mol. The molecule has 0 aliphatic carbocycles. The van der Waals surface area contributed by atoms with Crippen LogP contribution in [-0.4, -0.2) is 32.7 Å². The van der Waals surface area contributed by atoms with E-state index in [4.69, 9.17) is 9.72 Å².